The van der Waals surface area contributed by atoms with Crippen LogP contribution in [0.3, 0.4) is 0 Å². The molecule has 0 aliphatic heterocycles. The summed E-state index contributed by atoms with van der Waals surface area (Å²) in [6.07, 6.45) is 0.578. The number of ether oxygens (including phenoxy) is 1. The van der Waals surface area contributed by atoms with Crippen molar-refractivity contribution in [2.45, 2.75) is 44.8 Å². The van der Waals surface area contributed by atoms with Crippen LogP contribution in [0.4, 0.5) is 0 Å². The van der Waals surface area contributed by atoms with E-state index in [1.807, 2.05) is 24.3 Å². The second-order valence-electron chi connectivity index (χ2n) is 5.46. The molecule has 3 heteroatoms. The molecule has 0 saturated carbocycles. The lowest BCUT2D eigenvalue weighted by atomic mass is 9.98. The molecule has 1 aromatic carbocycles. The van der Waals surface area contributed by atoms with E-state index in [2.05, 4.69) is 27.7 Å². The highest BCUT2D eigenvalue weighted by atomic mass is 32.2. The van der Waals surface area contributed by atoms with Gasteiger partial charge in [0.25, 0.3) is 0 Å². The van der Waals surface area contributed by atoms with Gasteiger partial charge in [-0.3, -0.25) is 4.79 Å². The van der Waals surface area contributed by atoms with Gasteiger partial charge >= 0.3 is 0 Å². The number of thioether (sulfide) groups is 1. The van der Waals surface area contributed by atoms with Gasteiger partial charge in [0.1, 0.15) is 5.75 Å². The fourth-order valence-corrected chi connectivity index (χ4v) is 2.70. The summed E-state index contributed by atoms with van der Waals surface area (Å²) < 4.78 is 5.12. The van der Waals surface area contributed by atoms with E-state index in [1.165, 1.54) is 17.3 Å². The zero-order valence-electron chi connectivity index (χ0n) is 11.8. The molecular weight excluding hydrogens is 244 g/mol. The quantitative estimate of drug-likeness (QED) is 0.815. The summed E-state index contributed by atoms with van der Waals surface area (Å²) in [5.41, 5.74) is 1.18. The molecule has 0 bridgehead atoms. The Morgan fingerprint density at radius 3 is 2.28 bits per heavy atom. The molecule has 0 spiro atoms. The van der Waals surface area contributed by atoms with E-state index in [9.17, 15) is 4.79 Å². The van der Waals surface area contributed by atoms with Gasteiger partial charge in [-0.15, -0.1) is 0 Å². The van der Waals surface area contributed by atoms with Crippen LogP contribution in [0, 0.1) is 0 Å². The van der Waals surface area contributed by atoms with E-state index in [0.717, 1.165) is 5.75 Å². The molecule has 1 atom stereocenters. The number of benzene rings is 1. The third-order valence-corrected chi connectivity index (χ3v) is 3.58. The van der Waals surface area contributed by atoms with Crippen LogP contribution in [0.15, 0.2) is 24.3 Å². The van der Waals surface area contributed by atoms with Crippen molar-refractivity contribution in [2.75, 3.05) is 7.11 Å². The minimum Gasteiger partial charge on any atom is -0.497 e. The lowest BCUT2D eigenvalue weighted by Gasteiger charge is -2.18. The smallest absolute Gasteiger partial charge is 0.190 e. The van der Waals surface area contributed by atoms with Crippen LogP contribution < -0.4 is 4.74 Å². The molecule has 0 aromatic heterocycles. The topological polar surface area (TPSA) is 26.3 Å². The van der Waals surface area contributed by atoms with Crippen molar-refractivity contribution in [3.05, 3.63) is 29.8 Å². The lowest BCUT2D eigenvalue weighted by Crippen LogP contribution is -2.13. The van der Waals surface area contributed by atoms with Gasteiger partial charge in [-0.2, -0.15) is 0 Å². The Morgan fingerprint density at radius 1 is 1.28 bits per heavy atom. The van der Waals surface area contributed by atoms with Gasteiger partial charge in [0.15, 0.2) is 5.12 Å². The average Bonchev–Trinajstić information content (AvgIpc) is 2.26. The predicted molar refractivity (Wildman–Crippen MR) is 78.4 cm³/mol. The fourth-order valence-electron chi connectivity index (χ4n) is 1.68. The number of carbonyl (C=O) groups excluding carboxylic acids is 1. The van der Waals surface area contributed by atoms with Crippen LogP contribution in [0.1, 0.15) is 45.6 Å². The SMILES string of the molecule is COc1ccc(C(C)CC(=O)SC(C)(C)C)cc1. The summed E-state index contributed by atoms with van der Waals surface area (Å²) >= 11 is 1.42. The van der Waals surface area contributed by atoms with Crippen LogP contribution in [0.5, 0.6) is 5.75 Å². The maximum Gasteiger partial charge on any atom is 0.190 e. The Labute approximate surface area is 114 Å². The molecule has 1 rings (SSSR count). The van der Waals surface area contributed by atoms with E-state index in [1.54, 1.807) is 7.11 Å². The maximum absolute atomic E-state index is 11.9. The minimum atomic E-state index is -0.00326. The number of hydrogen-bond donors (Lipinski definition) is 0. The minimum absolute atomic E-state index is 0.00326. The summed E-state index contributed by atoms with van der Waals surface area (Å²) in [5.74, 6) is 1.10. The van der Waals surface area contributed by atoms with Crippen molar-refractivity contribution in [1.29, 1.82) is 0 Å². The first-order chi connectivity index (χ1) is 8.31. The Bertz CT molecular complexity index is 390. The molecule has 0 saturated heterocycles. The molecule has 0 N–H and O–H groups in total. The van der Waals surface area contributed by atoms with Crippen molar-refractivity contribution in [3.8, 4) is 5.75 Å². The molecule has 0 amide bonds. The first-order valence-electron chi connectivity index (χ1n) is 6.17. The molecule has 0 aliphatic rings. The molecule has 0 heterocycles. The van der Waals surface area contributed by atoms with Gasteiger partial charge in [-0.05, 0) is 23.6 Å². The Morgan fingerprint density at radius 2 is 1.83 bits per heavy atom. The fraction of sp³-hybridized carbons (Fsp3) is 0.533. The highest BCUT2D eigenvalue weighted by Crippen LogP contribution is 2.29. The summed E-state index contributed by atoms with van der Waals surface area (Å²) in [6.45, 7) is 8.28. The van der Waals surface area contributed by atoms with Crippen molar-refractivity contribution in [2.24, 2.45) is 0 Å². The van der Waals surface area contributed by atoms with Gasteiger partial charge in [0.05, 0.1) is 7.11 Å². The van der Waals surface area contributed by atoms with Gasteiger partial charge in [-0.25, -0.2) is 0 Å². The van der Waals surface area contributed by atoms with E-state index >= 15 is 0 Å². The summed E-state index contributed by atoms with van der Waals surface area (Å²) in [5, 5.41) is 0.255. The Hall–Kier alpha value is -0.960. The largest absolute Gasteiger partial charge is 0.497 e. The van der Waals surface area contributed by atoms with E-state index in [4.69, 9.17) is 4.74 Å². The molecule has 1 unspecified atom stereocenters. The highest BCUT2D eigenvalue weighted by molar-refractivity contribution is 8.14. The summed E-state index contributed by atoms with van der Waals surface area (Å²) in [4.78, 5) is 11.9. The van der Waals surface area contributed by atoms with E-state index < -0.39 is 0 Å². The van der Waals surface area contributed by atoms with E-state index in [0.29, 0.717) is 6.42 Å². The van der Waals surface area contributed by atoms with E-state index in [-0.39, 0.29) is 15.8 Å². The zero-order chi connectivity index (χ0) is 13.8. The van der Waals surface area contributed by atoms with Gasteiger partial charge < -0.3 is 4.74 Å². The van der Waals surface area contributed by atoms with Crippen LogP contribution in [-0.2, 0) is 4.79 Å². The van der Waals surface area contributed by atoms with Crippen molar-refractivity contribution in [3.63, 3.8) is 0 Å². The van der Waals surface area contributed by atoms with Crippen LogP contribution >= 0.6 is 11.8 Å². The average molecular weight is 266 g/mol. The van der Waals surface area contributed by atoms with Gasteiger partial charge in [-0.1, -0.05) is 51.6 Å². The standard InChI is InChI=1S/C15H22O2S/c1-11(10-14(16)18-15(2,3)4)12-6-8-13(17-5)9-7-12/h6-9,11H,10H2,1-5H3. The first kappa shape index (κ1) is 15.1. The zero-order valence-corrected chi connectivity index (χ0v) is 12.6. The van der Waals surface area contributed by atoms with Crippen LogP contribution in [0.25, 0.3) is 0 Å². The van der Waals surface area contributed by atoms with Crippen LogP contribution in [-0.4, -0.2) is 17.0 Å². The summed E-state index contributed by atoms with van der Waals surface area (Å²) in [6, 6.07) is 7.93. The van der Waals surface area contributed by atoms with Crippen molar-refractivity contribution in [1.82, 2.24) is 0 Å². The molecule has 2 nitrogen and oxygen atoms in total. The molecular formula is C15H22O2S. The van der Waals surface area contributed by atoms with Crippen molar-refractivity contribution >= 4 is 16.9 Å². The highest BCUT2D eigenvalue weighted by Gasteiger charge is 2.19. The lowest BCUT2D eigenvalue weighted by molar-refractivity contribution is -0.111. The Balaban J connectivity index is 2.59. The molecule has 0 fully saturated rings. The van der Waals surface area contributed by atoms with Gasteiger partial charge in [0.2, 0.25) is 0 Å². The second-order valence-corrected chi connectivity index (χ2v) is 7.35. The predicted octanol–water partition coefficient (Wildman–Crippen LogP) is 4.25. The number of carbonyl (C=O) groups is 1. The number of methoxy groups -OCH3 is 1. The second kappa shape index (κ2) is 6.28. The molecule has 18 heavy (non-hydrogen) atoms. The molecule has 1 aromatic rings. The maximum atomic E-state index is 11.9. The van der Waals surface area contributed by atoms with Gasteiger partial charge in [0, 0.05) is 11.2 Å². The molecule has 0 aliphatic carbocycles. The summed E-state index contributed by atoms with van der Waals surface area (Å²) in [7, 11) is 1.65. The molecule has 100 valence electrons. The third kappa shape index (κ3) is 5.13. The normalized spacial score (nSPS) is 13.2. The third-order valence-electron chi connectivity index (χ3n) is 2.58. The first-order valence-corrected chi connectivity index (χ1v) is 6.99. The monoisotopic (exact) mass is 266 g/mol. The molecule has 0 radical (unpaired) electrons. The van der Waals surface area contributed by atoms with Crippen LogP contribution in [0.2, 0.25) is 0 Å². The number of rotatable bonds is 4. The van der Waals surface area contributed by atoms with Crippen molar-refractivity contribution < 1.29 is 9.53 Å². The number of hydrogen-bond acceptors (Lipinski definition) is 3. The Kier molecular flexibility index (Phi) is 5.27.